The molecule has 1 aromatic rings. The number of hydrogen-bond acceptors (Lipinski definition) is 2. The minimum Gasteiger partial charge on any atom is -0.330 e. The van der Waals surface area contributed by atoms with Gasteiger partial charge in [0.05, 0.1) is 0 Å². The highest BCUT2D eigenvalue weighted by Crippen LogP contribution is 2.34. The fourth-order valence-corrected chi connectivity index (χ4v) is 4.12. The van der Waals surface area contributed by atoms with Gasteiger partial charge in [0.2, 0.25) is 0 Å². The molecule has 0 spiro atoms. The summed E-state index contributed by atoms with van der Waals surface area (Å²) in [5, 5.41) is 0. The molecular weight excluding hydrogens is 312 g/mol. The van der Waals surface area contributed by atoms with Gasteiger partial charge in [0.15, 0.2) is 0 Å². The quantitative estimate of drug-likeness (QED) is 0.864. The van der Waals surface area contributed by atoms with Crippen molar-refractivity contribution >= 4 is 15.9 Å². The summed E-state index contributed by atoms with van der Waals surface area (Å²) in [6.45, 7) is 3.10. The van der Waals surface area contributed by atoms with Gasteiger partial charge in [-0.05, 0) is 56.5 Å². The molecule has 0 amide bonds. The van der Waals surface area contributed by atoms with Crippen molar-refractivity contribution in [3.05, 3.63) is 34.3 Å². The first kappa shape index (κ1) is 16.0. The Morgan fingerprint density at radius 3 is 2.75 bits per heavy atom. The molecule has 0 aromatic heterocycles. The van der Waals surface area contributed by atoms with E-state index in [2.05, 4.69) is 59.1 Å². The normalized spacial score (nSPS) is 24.9. The van der Waals surface area contributed by atoms with Gasteiger partial charge >= 0.3 is 0 Å². The third kappa shape index (κ3) is 3.63. The van der Waals surface area contributed by atoms with Gasteiger partial charge in [-0.25, -0.2) is 0 Å². The molecular formula is C17H27BrN2. The smallest absolute Gasteiger partial charge is 0.0345 e. The van der Waals surface area contributed by atoms with Crippen molar-refractivity contribution < 1.29 is 0 Å². The number of rotatable bonds is 5. The average molecular weight is 339 g/mol. The Balaban J connectivity index is 2.17. The summed E-state index contributed by atoms with van der Waals surface area (Å²) >= 11 is 3.59. The molecule has 0 radical (unpaired) electrons. The summed E-state index contributed by atoms with van der Waals surface area (Å²) in [6, 6.07) is 9.86. The van der Waals surface area contributed by atoms with Crippen LogP contribution >= 0.6 is 15.9 Å². The zero-order valence-corrected chi connectivity index (χ0v) is 14.3. The summed E-state index contributed by atoms with van der Waals surface area (Å²) in [5.41, 5.74) is 7.41. The molecule has 3 unspecified atom stereocenters. The number of halogens is 1. The second-order valence-corrected chi connectivity index (χ2v) is 6.91. The third-order valence-electron chi connectivity index (χ3n) is 4.81. The first-order valence-corrected chi connectivity index (χ1v) is 8.64. The van der Waals surface area contributed by atoms with Crippen molar-refractivity contribution in [3.8, 4) is 0 Å². The molecule has 0 heterocycles. The van der Waals surface area contributed by atoms with Crippen LogP contribution in [0.15, 0.2) is 28.7 Å². The Bertz CT molecular complexity index is 421. The Kier molecular flexibility index (Phi) is 6.06. The van der Waals surface area contributed by atoms with E-state index in [0.717, 1.165) is 13.0 Å². The molecule has 0 saturated heterocycles. The average Bonchev–Trinajstić information content (AvgIpc) is 2.48. The molecule has 1 aliphatic rings. The minimum atomic E-state index is 0.490. The van der Waals surface area contributed by atoms with Gasteiger partial charge in [-0.1, -0.05) is 47.8 Å². The zero-order valence-electron chi connectivity index (χ0n) is 12.7. The standard InChI is InChI=1S/C17H27BrN2/c1-3-16(13-8-6-9-15(18)11-13)20(2)17-10-5-4-7-14(17)12-19/h6,8-9,11,14,16-17H,3-5,7,10,12,19H2,1-2H3. The molecule has 3 heteroatoms. The monoisotopic (exact) mass is 338 g/mol. The van der Waals surface area contributed by atoms with Gasteiger partial charge in [-0.2, -0.15) is 0 Å². The topological polar surface area (TPSA) is 29.3 Å². The van der Waals surface area contributed by atoms with Crippen molar-refractivity contribution in [2.45, 2.75) is 51.1 Å². The summed E-state index contributed by atoms with van der Waals surface area (Å²) in [6.07, 6.45) is 6.42. The van der Waals surface area contributed by atoms with Crippen LogP contribution in [0.3, 0.4) is 0 Å². The Labute approximate surface area is 131 Å². The van der Waals surface area contributed by atoms with Gasteiger partial charge in [0.1, 0.15) is 0 Å². The lowest BCUT2D eigenvalue weighted by Crippen LogP contribution is -2.44. The van der Waals surface area contributed by atoms with Crippen molar-refractivity contribution in [2.24, 2.45) is 11.7 Å². The molecule has 2 N–H and O–H groups in total. The first-order valence-electron chi connectivity index (χ1n) is 7.84. The van der Waals surface area contributed by atoms with E-state index in [-0.39, 0.29) is 0 Å². The van der Waals surface area contributed by atoms with Gasteiger partial charge < -0.3 is 5.73 Å². The molecule has 20 heavy (non-hydrogen) atoms. The van der Waals surface area contributed by atoms with Crippen LogP contribution in [0.4, 0.5) is 0 Å². The molecule has 0 bridgehead atoms. The van der Waals surface area contributed by atoms with Crippen molar-refractivity contribution in [1.29, 1.82) is 0 Å². The first-order chi connectivity index (χ1) is 9.67. The van der Waals surface area contributed by atoms with Crippen LogP contribution in [-0.2, 0) is 0 Å². The summed E-state index contributed by atoms with van der Waals surface area (Å²) in [5.74, 6) is 0.662. The van der Waals surface area contributed by atoms with Gasteiger partial charge in [0, 0.05) is 16.6 Å². The maximum Gasteiger partial charge on any atom is 0.0345 e. The van der Waals surface area contributed by atoms with E-state index in [1.165, 1.54) is 35.7 Å². The Hall–Kier alpha value is -0.380. The molecule has 3 atom stereocenters. The molecule has 2 nitrogen and oxygen atoms in total. The van der Waals surface area contributed by atoms with E-state index in [0.29, 0.717) is 18.0 Å². The molecule has 1 aliphatic carbocycles. The van der Waals surface area contributed by atoms with Crippen LogP contribution in [0.25, 0.3) is 0 Å². The molecule has 112 valence electrons. The van der Waals surface area contributed by atoms with Crippen molar-refractivity contribution in [2.75, 3.05) is 13.6 Å². The molecule has 1 fully saturated rings. The van der Waals surface area contributed by atoms with Gasteiger partial charge in [0.25, 0.3) is 0 Å². The van der Waals surface area contributed by atoms with E-state index in [9.17, 15) is 0 Å². The maximum absolute atomic E-state index is 6.00. The zero-order chi connectivity index (χ0) is 14.5. The maximum atomic E-state index is 6.00. The van der Waals surface area contributed by atoms with E-state index in [4.69, 9.17) is 5.73 Å². The number of nitrogens with two attached hydrogens (primary N) is 1. The van der Waals surface area contributed by atoms with Crippen LogP contribution in [0.5, 0.6) is 0 Å². The second kappa shape index (κ2) is 7.58. The van der Waals surface area contributed by atoms with E-state index < -0.39 is 0 Å². The highest BCUT2D eigenvalue weighted by atomic mass is 79.9. The second-order valence-electron chi connectivity index (χ2n) is 5.99. The number of benzene rings is 1. The minimum absolute atomic E-state index is 0.490. The van der Waals surface area contributed by atoms with Crippen molar-refractivity contribution in [3.63, 3.8) is 0 Å². The van der Waals surface area contributed by atoms with E-state index in [1.54, 1.807) is 0 Å². The summed E-state index contributed by atoms with van der Waals surface area (Å²) < 4.78 is 1.17. The lowest BCUT2D eigenvalue weighted by molar-refractivity contribution is 0.0895. The predicted molar refractivity (Wildman–Crippen MR) is 89.7 cm³/mol. The Morgan fingerprint density at radius 2 is 2.10 bits per heavy atom. The fraction of sp³-hybridized carbons (Fsp3) is 0.647. The summed E-state index contributed by atoms with van der Waals surface area (Å²) in [4.78, 5) is 2.58. The largest absolute Gasteiger partial charge is 0.330 e. The Morgan fingerprint density at radius 1 is 1.35 bits per heavy atom. The van der Waals surface area contributed by atoms with Crippen LogP contribution in [0, 0.1) is 5.92 Å². The van der Waals surface area contributed by atoms with Crippen LogP contribution in [0.2, 0.25) is 0 Å². The number of nitrogens with zero attached hydrogens (tertiary/aromatic N) is 1. The lowest BCUT2D eigenvalue weighted by Gasteiger charge is -2.41. The van der Waals surface area contributed by atoms with Gasteiger partial charge in [-0.3, -0.25) is 4.90 Å². The van der Waals surface area contributed by atoms with Crippen LogP contribution < -0.4 is 5.73 Å². The molecule has 1 saturated carbocycles. The third-order valence-corrected chi connectivity index (χ3v) is 5.30. The predicted octanol–water partition coefficient (Wildman–Crippen LogP) is 4.35. The molecule has 1 aromatic carbocycles. The fourth-order valence-electron chi connectivity index (χ4n) is 3.70. The van der Waals surface area contributed by atoms with E-state index in [1.807, 2.05) is 0 Å². The lowest BCUT2D eigenvalue weighted by atomic mass is 9.82. The highest BCUT2D eigenvalue weighted by Gasteiger charge is 2.30. The SMILES string of the molecule is CCC(c1cccc(Br)c1)N(C)C1CCCCC1CN. The van der Waals surface area contributed by atoms with Crippen LogP contribution in [-0.4, -0.2) is 24.5 Å². The summed E-state index contributed by atoms with van der Waals surface area (Å²) in [7, 11) is 2.29. The van der Waals surface area contributed by atoms with Crippen LogP contribution in [0.1, 0.15) is 50.6 Å². The van der Waals surface area contributed by atoms with E-state index >= 15 is 0 Å². The highest BCUT2D eigenvalue weighted by molar-refractivity contribution is 9.10. The van der Waals surface area contributed by atoms with Gasteiger partial charge in [-0.15, -0.1) is 0 Å². The number of hydrogen-bond donors (Lipinski definition) is 1. The molecule has 0 aliphatic heterocycles. The van der Waals surface area contributed by atoms with Crippen molar-refractivity contribution in [1.82, 2.24) is 4.90 Å². The molecule has 2 rings (SSSR count).